The molecule has 1 N–H and O–H groups in total. The highest BCUT2D eigenvalue weighted by Gasteiger charge is 2.17. The summed E-state index contributed by atoms with van der Waals surface area (Å²) >= 11 is 0. The minimum absolute atomic E-state index is 0.180. The molecule has 1 aliphatic heterocycles. The summed E-state index contributed by atoms with van der Waals surface area (Å²) in [6.07, 6.45) is 4.01. The molecule has 0 radical (unpaired) electrons. The number of carbonyl (C=O) groups excluding carboxylic acids is 1. The van der Waals surface area contributed by atoms with Gasteiger partial charge in [0.25, 0.3) is 5.91 Å². The van der Waals surface area contributed by atoms with Gasteiger partial charge in [0, 0.05) is 25.7 Å². The molecule has 0 atom stereocenters. The molecule has 1 aromatic heterocycles. The SMILES string of the molecule is C=CCNC(=O)c1cc(N2CCCC2)nc(C)n1. The Labute approximate surface area is 107 Å². The lowest BCUT2D eigenvalue weighted by Gasteiger charge is -2.17. The lowest BCUT2D eigenvalue weighted by molar-refractivity contribution is 0.0952. The normalized spacial score (nSPS) is 14.6. The summed E-state index contributed by atoms with van der Waals surface area (Å²) in [6.45, 7) is 7.83. The van der Waals surface area contributed by atoms with Crippen molar-refractivity contribution < 1.29 is 4.79 Å². The lowest BCUT2D eigenvalue weighted by Crippen LogP contribution is -2.26. The molecular weight excluding hydrogens is 228 g/mol. The Morgan fingerprint density at radius 2 is 2.22 bits per heavy atom. The van der Waals surface area contributed by atoms with Gasteiger partial charge >= 0.3 is 0 Å². The number of hydrogen-bond acceptors (Lipinski definition) is 4. The first-order valence-electron chi connectivity index (χ1n) is 6.20. The second kappa shape index (κ2) is 5.62. The summed E-state index contributed by atoms with van der Waals surface area (Å²) < 4.78 is 0. The smallest absolute Gasteiger partial charge is 0.270 e. The highest BCUT2D eigenvalue weighted by molar-refractivity contribution is 5.93. The van der Waals surface area contributed by atoms with Crippen molar-refractivity contribution in [2.24, 2.45) is 0 Å². The second-order valence-electron chi connectivity index (χ2n) is 4.35. The molecule has 5 heteroatoms. The van der Waals surface area contributed by atoms with Crippen LogP contribution in [0.3, 0.4) is 0 Å². The Morgan fingerprint density at radius 3 is 2.89 bits per heavy atom. The van der Waals surface area contributed by atoms with Crippen LogP contribution in [0.1, 0.15) is 29.2 Å². The first-order valence-corrected chi connectivity index (χ1v) is 6.20. The maximum Gasteiger partial charge on any atom is 0.270 e. The molecule has 96 valence electrons. The van der Waals surface area contributed by atoms with E-state index in [1.165, 1.54) is 12.8 Å². The van der Waals surface area contributed by atoms with Crippen LogP contribution in [0, 0.1) is 6.92 Å². The zero-order valence-electron chi connectivity index (χ0n) is 10.6. The van der Waals surface area contributed by atoms with Gasteiger partial charge in [-0.05, 0) is 19.8 Å². The van der Waals surface area contributed by atoms with Gasteiger partial charge in [-0.15, -0.1) is 6.58 Å². The number of amides is 1. The minimum Gasteiger partial charge on any atom is -0.356 e. The fraction of sp³-hybridized carbons (Fsp3) is 0.462. The van der Waals surface area contributed by atoms with Crippen LogP contribution in [-0.2, 0) is 0 Å². The average molecular weight is 246 g/mol. The van der Waals surface area contributed by atoms with Crippen molar-refractivity contribution >= 4 is 11.7 Å². The van der Waals surface area contributed by atoms with E-state index in [0.717, 1.165) is 18.9 Å². The van der Waals surface area contributed by atoms with Gasteiger partial charge in [0.05, 0.1) is 0 Å². The maximum atomic E-state index is 11.9. The number of nitrogens with one attached hydrogen (secondary N) is 1. The number of hydrogen-bond donors (Lipinski definition) is 1. The number of aromatic nitrogens is 2. The van der Waals surface area contributed by atoms with E-state index in [4.69, 9.17) is 0 Å². The zero-order valence-corrected chi connectivity index (χ0v) is 10.6. The zero-order chi connectivity index (χ0) is 13.0. The average Bonchev–Trinajstić information content (AvgIpc) is 2.89. The van der Waals surface area contributed by atoms with Crippen molar-refractivity contribution in [3.63, 3.8) is 0 Å². The van der Waals surface area contributed by atoms with E-state index in [1.807, 2.05) is 6.92 Å². The molecule has 0 aromatic carbocycles. The first-order chi connectivity index (χ1) is 8.70. The first kappa shape index (κ1) is 12.5. The molecular formula is C13H18N4O. The topological polar surface area (TPSA) is 58.1 Å². The lowest BCUT2D eigenvalue weighted by atomic mass is 10.3. The van der Waals surface area contributed by atoms with E-state index in [0.29, 0.717) is 18.1 Å². The van der Waals surface area contributed by atoms with Crippen molar-refractivity contribution in [3.8, 4) is 0 Å². The molecule has 2 rings (SSSR count). The second-order valence-corrected chi connectivity index (χ2v) is 4.35. The quantitative estimate of drug-likeness (QED) is 0.814. The van der Waals surface area contributed by atoms with Crippen molar-refractivity contribution in [3.05, 3.63) is 30.2 Å². The van der Waals surface area contributed by atoms with Gasteiger partial charge < -0.3 is 10.2 Å². The van der Waals surface area contributed by atoms with Crippen LogP contribution in [0.25, 0.3) is 0 Å². The Bertz CT molecular complexity index is 452. The van der Waals surface area contributed by atoms with Crippen molar-refractivity contribution in [2.75, 3.05) is 24.5 Å². The van der Waals surface area contributed by atoms with Gasteiger partial charge in [0.2, 0.25) is 0 Å². The van der Waals surface area contributed by atoms with Gasteiger partial charge in [0.1, 0.15) is 17.3 Å². The highest BCUT2D eigenvalue weighted by Crippen LogP contribution is 2.18. The van der Waals surface area contributed by atoms with Crippen LogP contribution in [0.15, 0.2) is 18.7 Å². The van der Waals surface area contributed by atoms with E-state index in [9.17, 15) is 4.79 Å². The number of nitrogens with zero attached hydrogens (tertiary/aromatic N) is 3. The molecule has 0 spiro atoms. The van der Waals surface area contributed by atoms with Crippen LogP contribution in [-0.4, -0.2) is 35.5 Å². The van der Waals surface area contributed by atoms with E-state index >= 15 is 0 Å². The summed E-state index contributed by atoms with van der Waals surface area (Å²) in [5.74, 6) is 1.30. The molecule has 0 unspecified atom stereocenters. The summed E-state index contributed by atoms with van der Waals surface area (Å²) in [6, 6.07) is 1.76. The standard InChI is InChI=1S/C13H18N4O/c1-3-6-14-13(18)11-9-12(16-10(2)15-11)17-7-4-5-8-17/h3,9H,1,4-8H2,2H3,(H,14,18). The van der Waals surface area contributed by atoms with E-state index < -0.39 is 0 Å². The largest absolute Gasteiger partial charge is 0.356 e. The Balaban J connectivity index is 2.20. The molecule has 2 heterocycles. The van der Waals surface area contributed by atoms with Gasteiger partial charge in [-0.1, -0.05) is 6.08 Å². The monoisotopic (exact) mass is 246 g/mol. The van der Waals surface area contributed by atoms with E-state index in [2.05, 4.69) is 26.8 Å². The fourth-order valence-corrected chi connectivity index (χ4v) is 2.03. The van der Waals surface area contributed by atoms with Gasteiger partial charge in [-0.3, -0.25) is 4.79 Å². The predicted molar refractivity (Wildman–Crippen MR) is 70.7 cm³/mol. The summed E-state index contributed by atoms with van der Waals surface area (Å²) in [5.41, 5.74) is 0.422. The molecule has 5 nitrogen and oxygen atoms in total. The molecule has 0 aliphatic carbocycles. The molecule has 1 fully saturated rings. The Hall–Kier alpha value is -1.91. The molecule has 1 aromatic rings. The van der Waals surface area contributed by atoms with E-state index in [-0.39, 0.29) is 5.91 Å². The third kappa shape index (κ3) is 2.85. The summed E-state index contributed by atoms with van der Waals surface area (Å²) in [4.78, 5) is 22.6. The number of carbonyl (C=O) groups is 1. The van der Waals surface area contributed by atoms with Crippen LogP contribution < -0.4 is 10.2 Å². The molecule has 1 amide bonds. The molecule has 18 heavy (non-hydrogen) atoms. The number of anilines is 1. The van der Waals surface area contributed by atoms with Crippen molar-refractivity contribution in [1.82, 2.24) is 15.3 Å². The van der Waals surface area contributed by atoms with E-state index in [1.54, 1.807) is 12.1 Å². The van der Waals surface area contributed by atoms with Gasteiger partial charge in [-0.2, -0.15) is 0 Å². The molecule has 0 saturated carbocycles. The van der Waals surface area contributed by atoms with Crippen molar-refractivity contribution in [2.45, 2.75) is 19.8 Å². The van der Waals surface area contributed by atoms with Crippen LogP contribution in [0.2, 0.25) is 0 Å². The molecule has 1 aliphatic rings. The van der Waals surface area contributed by atoms with Crippen LogP contribution >= 0.6 is 0 Å². The number of rotatable bonds is 4. The van der Waals surface area contributed by atoms with Crippen molar-refractivity contribution in [1.29, 1.82) is 0 Å². The summed E-state index contributed by atoms with van der Waals surface area (Å²) in [7, 11) is 0. The highest BCUT2D eigenvalue weighted by atomic mass is 16.1. The van der Waals surface area contributed by atoms with Gasteiger partial charge in [0.15, 0.2) is 0 Å². The Kier molecular flexibility index (Phi) is 3.92. The molecule has 1 saturated heterocycles. The van der Waals surface area contributed by atoms with Crippen LogP contribution in [0.4, 0.5) is 5.82 Å². The minimum atomic E-state index is -0.180. The van der Waals surface area contributed by atoms with Gasteiger partial charge in [-0.25, -0.2) is 9.97 Å². The fourth-order valence-electron chi connectivity index (χ4n) is 2.03. The number of aryl methyl sites for hydroxylation is 1. The van der Waals surface area contributed by atoms with Crippen LogP contribution in [0.5, 0.6) is 0 Å². The maximum absolute atomic E-state index is 11.9. The third-order valence-electron chi connectivity index (χ3n) is 2.89. The predicted octanol–water partition coefficient (Wildman–Crippen LogP) is 1.30. The third-order valence-corrected chi connectivity index (χ3v) is 2.89. The molecule has 0 bridgehead atoms. The Morgan fingerprint density at radius 1 is 1.50 bits per heavy atom. The summed E-state index contributed by atoms with van der Waals surface area (Å²) in [5, 5.41) is 2.73.